The number of nitrogens with one attached hydrogen (secondary N) is 1. The number of benzene rings is 1. The van der Waals surface area contributed by atoms with E-state index in [9.17, 15) is 4.79 Å². The Labute approximate surface area is 101 Å². The van der Waals surface area contributed by atoms with Crippen molar-refractivity contribution in [3.63, 3.8) is 0 Å². The Morgan fingerprint density at radius 2 is 2.18 bits per heavy atom. The molecule has 3 heteroatoms. The Kier molecular flexibility index (Phi) is 2.63. The molecule has 0 saturated heterocycles. The molecule has 1 saturated carbocycles. The van der Waals surface area contributed by atoms with Gasteiger partial charge in [0.15, 0.2) is 0 Å². The van der Waals surface area contributed by atoms with Crippen LogP contribution < -0.4 is 11.1 Å². The van der Waals surface area contributed by atoms with Crippen LogP contribution in [-0.4, -0.2) is 18.5 Å². The molecule has 2 aliphatic rings. The van der Waals surface area contributed by atoms with Crippen molar-refractivity contribution < 1.29 is 4.79 Å². The van der Waals surface area contributed by atoms with Crippen LogP contribution in [0.4, 0.5) is 0 Å². The number of rotatable bonds is 4. The van der Waals surface area contributed by atoms with Gasteiger partial charge in [0.25, 0.3) is 0 Å². The summed E-state index contributed by atoms with van der Waals surface area (Å²) in [6.45, 7) is 0.560. The zero-order valence-electron chi connectivity index (χ0n) is 9.86. The molecule has 3 nitrogen and oxygen atoms in total. The molecule has 3 rings (SSSR count). The topological polar surface area (TPSA) is 55.1 Å². The molecule has 0 spiro atoms. The molecule has 90 valence electrons. The van der Waals surface area contributed by atoms with Crippen molar-refractivity contribution in [2.24, 2.45) is 11.7 Å². The minimum Gasteiger partial charge on any atom is -0.351 e. The van der Waals surface area contributed by atoms with Gasteiger partial charge < -0.3 is 11.1 Å². The fourth-order valence-corrected chi connectivity index (χ4v) is 2.64. The van der Waals surface area contributed by atoms with Crippen molar-refractivity contribution in [3.05, 3.63) is 35.4 Å². The van der Waals surface area contributed by atoms with Gasteiger partial charge in [0.2, 0.25) is 5.91 Å². The summed E-state index contributed by atoms with van der Waals surface area (Å²) in [4.78, 5) is 12.1. The zero-order valence-corrected chi connectivity index (χ0v) is 9.86. The summed E-state index contributed by atoms with van der Waals surface area (Å²) in [5, 5.41) is 3.11. The van der Waals surface area contributed by atoms with E-state index in [0.717, 1.165) is 6.42 Å². The van der Waals surface area contributed by atoms with Crippen LogP contribution in [0.3, 0.4) is 0 Å². The summed E-state index contributed by atoms with van der Waals surface area (Å²) in [5.74, 6) is 0.837. The number of nitrogens with two attached hydrogens (primary N) is 1. The molecule has 0 radical (unpaired) electrons. The first-order valence-electron chi connectivity index (χ1n) is 6.38. The number of carbonyl (C=O) groups excluding carboxylic acids is 1. The second-order valence-electron chi connectivity index (χ2n) is 5.14. The van der Waals surface area contributed by atoms with E-state index in [0.29, 0.717) is 12.5 Å². The van der Waals surface area contributed by atoms with E-state index in [1.807, 2.05) is 12.1 Å². The van der Waals surface area contributed by atoms with E-state index in [1.54, 1.807) is 0 Å². The van der Waals surface area contributed by atoms with Gasteiger partial charge in [-0.15, -0.1) is 0 Å². The Bertz CT molecular complexity index is 440. The molecule has 1 aromatic carbocycles. The van der Waals surface area contributed by atoms with Gasteiger partial charge in [-0.1, -0.05) is 24.3 Å². The summed E-state index contributed by atoms with van der Waals surface area (Å²) in [7, 11) is 0. The smallest absolute Gasteiger partial charge is 0.228 e. The molecule has 2 aliphatic carbocycles. The maximum Gasteiger partial charge on any atom is 0.228 e. The number of amides is 1. The molecule has 0 bridgehead atoms. The van der Waals surface area contributed by atoms with Crippen molar-refractivity contribution in [2.75, 3.05) is 6.54 Å². The van der Waals surface area contributed by atoms with Crippen molar-refractivity contribution in [2.45, 2.75) is 31.2 Å². The molecule has 0 aromatic heterocycles. The van der Waals surface area contributed by atoms with Crippen LogP contribution in [0.1, 0.15) is 29.9 Å². The number of hydrogen-bond acceptors (Lipinski definition) is 2. The Balaban J connectivity index is 1.64. The highest BCUT2D eigenvalue weighted by Crippen LogP contribution is 2.36. The molecular formula is C14H18N2O. The van der Waals surface area contributed by atoms with Crippen LogP contribution in [-0.2, 0) is 11.2 Å². The maximum absolute atomic E-state index is 12.1. The van der Waals surface area contributed by atoms with Gasteiger partial charge in [-0.3, -0.25) is 4.79 Å². The molecular weight excluding hydrogens is 212 g/mol. The molecule has 1 amide bonds. The van der Waals surface area contributed by atoms with Gasteiger partial charge in [0.1, 0.15) is 0 Å². The molecule has 2 atom stereocenters. The Morgan fingerprint density at radius 3 is 2.82 bits per heavy atom. The average molecular weight is 230 g/mol. The van der Waals surface area contributed by atoms with E-state index < -0.39 is 0 Å². The molecule has 2 unspecified atom stereocenters. The lowest BCUT2D eigenvalue weighted by Gasteiger charge is -2.30. The minimum atomic E-state index is 0.0546. The third kappa shape index (κ3) is 1.95. The van der Waals surface area contributed by atoms with E-state index in [4.69, 9.17) is 5.73 Å². The predicted molar refractivity (Wildman–Crippen MR) is 66.6 cm³/mol. The molecule has 1 fully saturated rings. The second-order valence-corrected chi connectivity index (χ2v) is 5.14. The lowest BCUT2D eigenvalue weighted by atomic mass is 9.77. The van der Waals surface area contributed by atoms with Crippen LogP contribution in [0.15, 0.2) is 24.3 Å². The standard InChI is InChI=1S/C14H18N2O/c15-8-13(9-5-6-9)16-14(17)12-7-10-3-1-2-4-11(10)12/h1-4,9,12-13H,5-8,15H2,(H,16,17). The van der Waals surface area contributed by atoms with Crippen LogP contribution in [0.5, 0.6) is 0 Å². The van der Waals surface area contributed by atoms with Gasteiger partial charge in [0.05, 0.1) is 5.92 Å². The molecule has 3 N–H and O–H groups in total. The Morgan fingerprint density at radius 1 is 1.41 bits per heavy atom. The van der Waals surface area contributed by atoms with Crippen LogP contribution in [0, 0.1) is 5.92 Å². The third-order valence-corrected chi connectivity index (χ3v) is 3.94. The normalized spacial score (nSPS) is 23.5. The minimum absolute atomic E-state index is 0.0546. The summed E-state index contributed by atoms with van der Waals surface area (Å²) in [6, 6.07) is 8.37. The Hall–Kier alpha value is -1.35. The van der Waals surface area contributed by atoms with Crippen molar-refractivity contribution in [1.82, 2.24) is 5.32 Å². The van der Waals surface area contributed by atoms with E-state index >= 15 is 0 Å². The second kappa shape index (κ2) is 4.15. The molecule has 0 heterocycles. The van der Waals surface area contributed by atoms with E-state index in [1.165, 1.54) is 24.0 Å². The molecule has 0 aliphatic heterocycles. The van der Waals surface area contributed by atoms with Crippen LogP contribution in [0.2, 0.25) is 0 Å². The van der Waals surface area contributed by atoms with Crippen molar-refractivity contribution in [1.29, 1.82) is 0 Å². The SMILES string of the molecule is NCC(NC(=O)C1Cc2ccccc21)C1CC1. The highest BCUT2D eigenvalue weighted by atomic mass is 16.2. The highest BCUT2D eigenvalue weighted by molar-refractivity contribution is 5.87. The van der Waals surface area contributed by atoms with Gasteiger partial charge >= 0.3 is 0 Å². The van der Waals surface area contributed by atoms with Gasteiger partial charge in [0, 0.05) is 12.6 Å². The van der Waals surface area contributed by atoms with Gasteiger partial charge in [-0.25, -0.2) is 0 Å². The van der Waals surface area contributed by atoms with Crippen LogP contribution in [0.25, 0.3) is 0 Å². The quantitative estimate of drug-likeness (QED) is 0.816. The maximum atomic E-state index is 12.1. The first-order valence-corrected chi connectivity index (χ1v) is 6.38. The first kappa shape index (κ1) is 10.8. The monoisotopic (exact) mass is 230 g/mol. The summed E-state index contributed by atoms with van der Waals surface area (Å²) >= 11 is 0. The van der Waals surface area contributed by atoms with E-state index in [2.05, 4.69) is 17.4 Å². The fraction of sp³-hybridized carbons (Fsp3) is 0.500. The third-order valence-electron chi connectivity index (χ3n) is 3.94. The number of hydrogen-bond donors (Lipinski definition) is 2. The summed E-state index contributed by atoms with van der Waals surface area (Å²) < 4.78 is 0. The molecule has 17 heavy (non-hydrogen) atoms. The van der Waals surface area contributed by atoms with Gasteiger partial charge in [-0.05, 0) is 36.3 Å². The van der Waals surface area contributed by atoms with Crippen molar-refractivity contribution in [3.8, 4) is 0 Å². The lowest BCUT2D eigenvalue weighted by Crippen LogP contribution is -2.45. The highest BCUT2D eigenvalue weighted by Gasteiger charge is 2.36. The average Bonchev–Trinajstić information content (AvgIpc) is 3.11. The number of fused-ring (bicyclic) bond motifs is 1. The van der Waals surface area contributed by atoms with Crippen LogP contribution >= 0.6 is 0 Å². The largest absolute Gasteiger partial charge is 0.351 e. The predicted octanol–water partition coefficient (Wildman–Crippen LogP) is 1.18. The summed E-state index contributed by atoms with van der Waals surface area (Å²) in [5.41, 5.74) is 8.20. The first-order chi connectivity index (χ1) is 8.29. The fourth-order valence-electron chi connectivity index (χ4n) is 2.64. The van der Waals surface area contributed by atoms with E-state index in [-0.39, 0.29) is 17.9 Å². The van der Waals surface area contributed by atoms with Gasteiger partial charge in [-0.2, -0.15) is 0 Å². The summed E-state index contributed by atoms with van der Waals surface area (Å²) in [6.07, 6.45) is 3.30. The molecule has 1 aromatic rings. The zero-order chi connectivity index (χ0) is 11.8. The number of carbonyl (C=O) groups is 1. The van der Waals surface area contributed by atoms with Crippen molar-refractivity contribution >= 4 is 5.91 Å². The lowest BCUT2D eigenvalue weighted by molar-refractivity contribution is -0.123.